The van der Waals surface area contributed by atoms with Gasteiger partial charge in [0.15, 0.2) is 0 Å². The molecule has 1 heterocycles. The van der Waals surface area contributed by atoms with Crippen LogP contribution < -0.4 is 15.8 Å². The number of methoxy groups -OCH3 is 1. The molecule has 6 heteroatoms. The first-order chi connectivity index (χ1) is 10.1. The van der Waals surface area contributed by atoms with Crippen molar-refractivity contribution in [2.45, 2.75) is 13.0 Å². The first-order valence-corrected chi connectivity index (χ1v) is 6.42. The number of carbonyl (C=O) groups excluding carboxylic acids is 1. The Hall–Kier alpha value is -2.94. The molecule has 0 aliphatic heterocycles. The highest BCUT2D eigenvalue weighted by Crippen LogP contribution is 2.26. The fourth-order valence-electron chi connectivity index (χ4n) is 1.96. The minimum absolute atomic E-state index is 0.157. The van der Waals surface area contributed by atoms with Crippen molar-refractivity contribution in [3.05, 3.63) is 42.2 Å². The van der Waals surface area contributed by atoms with E-state index in [1.807, 2.05) is 0 Å². The quantitative estimate of drug-likeness (QED) is 0.821. The molecule has 2 rings (SSSR count). The topological polar surface area (TPSA) is 93.1 Å². The number of benzene rings is 1. The van der Waals surface area contributed by atoms with Crippen molar-refractivity contribution in [3.63, 3.8) is 0 Å². The van der Waals surface area contributed by atoms with E-state index in [1.165, 1.54) is 7.11 Å². The Morgan fingerprint density at radius 3 is 3.00 bits per heavy atom. The summed E-state index contributed by atoms with van der Waals surface area (Å²) in [6.45, 7) is 0.443. The van der Waals surface area contributed by atoms with Crippen LogP contribution in [0.1, 0.15) is 12.1 Å². The lowest BCUT2D eigenvalue weighted by Crippen LogP contribution is -2.15. The maximum Gasteiger partial charge on any atom is 0.226 e. The first-order valence-electron chi connectivity index (χ1n) is 6.42. The lowest BCUT2D eigenvalue weighted by atomic mass is 10.2. The Bertz CT molecular complexity index is 685. The fraction of sp³-hybridized carbons (Fsp3) is 0.200. The minimum atomic E-state index is -0.157. The van der Waals surface area contributed by atoms with Crippen molar-refractivity contribution in [1.29, 1.82) is 5.26 Å². The number of nitrogens with one attached hydrogen (secondary N) is 1. The monoisotopic (exact) mass is 284 g/mol. The summed E-state index contributed by atoms with van der Waals surface area (Å²) in [5.74, 6) is 0.359. The number of carbonyl (C=O) groups is 1. The van der Waals surface area contributed by atoms with E-state index in [9.17, 15) is 4.79 Å². The normalized spacial score (nSPS) is 9.90. The number of nitrogen functional groups attached to an aromatic ring is 1. The van der Waals surface area contributed by atoms with E-state index in [0.29, 0.717) is 29.4 Å². The van der Waals surface area contributed by atoms with Gasteiger partial charge in [-0.2, -0.15) is 5.26 Å². The second-order valence-electron chi connectivity index (χ2n) is 4.46. The van der Waals surface area contributed by atoms with Gasteiger partial charge >= 0.3 is 0 Å². The van der Waals surface area contributed by atoms with E-state index in [4.69, 9.17) is 15.7 Å². The first kappa shape index (κ1) is 14.5. The number of aromatic nitrogens is 1. The smallest absolute Gasteiger partial charge is 0.226 e. The summed E-state index contributed by atoms with van der Waals surface area (Å²) in [7, 11) is 1.52. The molecule has 6 nitrogen and oxygen atoms in total. The summed E-state index contributed by atoms with van der Waals surface area (Å²) in [5.41, 5.74) is 7.34. The van der Waals surface area contributed by atoms with Gasteiger partial charge in [0.05, 0.1) is 12.8 Å². The molecule has 2 aromatic rings. The molecule has 21 heavy (non-hydrogen) atoms. The molecule has 0 spiro atoms. The van der Waals surface area contributed by atoms with Gasteiger partial charge in [-0.25, -0.2) is 0 Å². The second kappa shape index (κ2) is 6.48. The Morgan fingerprint density at radius 1 is 1.48 bits per heavy atom. The zero-order valence-corrected chi connectivity index (χ0v) is 11.7. The summed E-state index contributed by atoms with van der Waals surface area (Å²) in [6.07, 6.45) is 2.03. The second-order valence-corrected chi connectivity index (χ2v) is 4.46. The van der Waals surface area contributed by atoms with Crippen LogP contribution in [-0.2, 0) is 11.3 Å². The number of aryl methyl sites for hydroxylation is 1. The Balaban J connectivity index is 1.98. The molecule has 0 saturated carbocycles. The predicted molar refractivity (Wildman–Crippen MR) is 79.8 cm³/mol. The molecule has 1 amide bonds. The number of nitrogens with zero attached hydrogens (tertiary/aromatic N) is 2. The molecule has 0 unspecified atom stereocenters. The van der Waals surface area contributed by atoms with Crippen LogP contribution in [0.15, 0.2) is 36.5 Å². The molecule has 0 radical (unpaired) electrons. The average molecular weight is 284 g/mol. The van der Waals surface area contributed by atoms with Gasteiger partial charge in [0, 0.05) is 30.9 Å². The van der Waals surface area contributed by atoms with Crippen molar-refractivity contribution in [3.8, 4) is 11.8 Å². The summed E-state index contributed by atoms with van der Waals surface area (Å²) in [4.78, 5) is 12.0. The average Bonchev–Trinajstić information content (AvgIpc) is 2.94. The number of nitrogens with two attached hydrogens (primary N) is 1. The van der Waals surface area contributed by atoms with E-state index in [0.717, 1.165) is 0 Å². The zero-order valence-electron chi connectivity index (χ0n) is 11.7. The number of hydrogen-bond donors (Lipinski definition) is 2. The van der Waals surface area contributed by atoms with E-state index < -0.39 is 0 Å². The third kappa shape index (κ3) is 3.54. The largest absolute Gasteiger partial charge is 0.494 e. The Morgan fingerprint density at radius 2 is 2.29 bits per heavy atom. The van der Waals surface area contributed by atoms with E-state index in [1.54, 1.807) is 41.1 Å². The van der Waals surface area contributed by atoms with Crippen molar-refractivity contribution < 1.29 is 9.53 Å². The van der Waals surface area contributed by atoms with Crippen LogP contribution in [0.4, 0.5) is 11.4 Å². The number of nitriles is 1. The molecule has 0 fully saturated rings. The molecule has 0 bridgehead atoms. The SMILES string of the molecule is COc1cc(N)ccc1NC(=O)CCn1cccc1C#N. The van der Waals surface area contributed by atoms with Gasteiger partial charge in [-0.05, 0) is 24.3 Å². The van der Waals surface area contributed by atoms with Gasteiger partial charge in [0.2, 0.25) is 5.91 Å². The van der Waals surface area contributed by atoms with Gasteiger partial charge in [-0.1, -0.05) is 0 Å². The van der Waals surface area contributed by atoms with Crippen LogP contribution >= 0.6 is 0 Å². The molecule has 0 atom stereocenters. The van der Waals surface area contributed by atoms with Crippen molar-refractivity contribution in [1.82, 2.24) is 4.57 Å². The molecule has 108 valence electrons. The van der Waals surface area contributed by atoms with Gasteiger partial charge < -0.3 is 20.4 Å². The molecule has 0 saturated heterocycles. The number of hydrogen-bond acceptors (Lipinski definition) is 4. The molecular weight excluding hydrogens is 268 g/mol. The number of ether oxygens (including phenoxy) is 1. The highest BCUT2D eigenvalue weighted by atomic mass is 16.5. The number of rotatable bonds is 5. The van der Waals surface area contributed by atoms with Gasteiger partial charge in [0.25, 0.3) is 0 Å². The van der Waals surface area contributed by atoms with Crippen LogP contribution in [0, 0.1) is 11.3 Å². The lowest BCUT2D eigenvalue weighted by molar-refractivity contribution is -0.116. The van der Waals surface area contributed by atoms with Gasteiger partial charge in [-0.3, -0.25) is 4.79 Å². The van der Waals surface area contributed by atoms with E-state index in [-0.39, 0.29) is 12.3 Å². The highest BCUT2D eigenvalue weighted by molar-refractivity contribution is 5.92. The van der Waals surface area contributed by atoms with Crippen LogP contribution in [0.3, 0.4) is 0 Å². The van der Waals surface area contributed by atoms with Crippen LogP contribution in [0.2, 0.25) is 0 Å². The maximum atomic E-state index is 12.0. The molecule has 0 aliphatic carbocycles. The Labute approximate surface area is 122 Å². The number of anilines is 2. The van der Waals surface area contributed by atoms with Crippen LogP contribution in [0.25, 0.3) is 0 Å². The van der Waals surface area contributed by atoms with Crippen LogP contribution in [-0.4, -0.2) is 17.6 Å². The summed E-state index contributed by atoms with van der Waals surface area (Å²) in [6, 6.07) is 10.6. The number of amides is 1. The fourth-order valence-corrected chi connectivity index (χ4v) is 1.96. The van der Waals surface area contributed by atoms with Crippen LogP contribution in [0.5, 0.6) is 5.75 Å². The van der Waals surface area contributed by atoms with E-state index >= 15 is 0 Å². The van der Waals surface area contributed by atoms with Crippen molar-refractivity contribution in [2.24, 2.45) is 0 Å². The molecule has 1 aromatic carbocycles. The molecular formula is C15H16N4O2. The predicted octanol–water partition coefficient (Wildman–Crippen LogP) is 1.98. The maximum absolute atomic E-state index is 12.0. The Kier molecular flexibility index (Phi) is 4.46. The third-order valence-electron chi connectivity index (χ3n) is 3.02. The van der Waals surface area contributed by atoms with E-state index in [2.05, 4.69) is 11.4 Å². The van der Waals surface area contributed by atoms with Gasteiger partial charge in [-0.15, -0.1) is 0 Å². The minimum Gasteiger partial charge on any atom is -0.494 e. The highest BCUT2D eigenvalue weighted by Gasteiger charge is 2.09. The standard InChI is InChI=1S/C15H16N4O2/c1-21-14-9-11(17)4-5-13(14)18-15(20)6-8-19-7-2-3-12(19)10-16/h2-5,7,9H,6,8,17H2,1H3,(H,18,20). The van der Waals surface area contributed by atoms with Gasteiger partial charge in [0.1, 0.15) is 17.5 Å². The summed E-state index contributed by atoms with van der Waals surface area (Å²) < 4.78 is 6.91. The third-order valence-corrected chi connectivity index (χ3v) is 3.02. The molecule has 3 N–H and O–H groups in total. The zero-order chi connectivity index (χ0) is 15.2. The van der Waals surface area contributed by atoms with Crippen molar-refractivity contribution in [2.75, 3.05) is 18.2 Å². The molecule has 0 aliphatic rings. The lowest BCUT2D eigenvalue weighted by Gasteiger charge is -2.11. The van der Waals surface area contributed by atoms with Crippen molar-refractivity contribution >= 4 is 17.3 Å². The summed E-state index contributed by atoms with van der Waals surface area (Å²) >= 11 is 0. The summed E-state index contributed by atoms with van der Waals surface area (Å²) in [5, 5.41) is 11.7. The molecule has 1 aromatic heterocycles.